The van der Waals surface area contributed by atoms with Crippen molar-refractivity contribution in [2.45, 2.75) is 51.4 Å². The quantitative estimate of drug-likeness (QED) is 0.0611. The van der Waals surface area contributed by atoms with Crippen molar-refractivity contribution in [2.24, 2.45) is 11.5 Å². The van der Waals surface area contributed by atoms with E-state index >= 15 is 0 Å². The molecule has 0 aromatic heterocycles. The van der Waals surface area contributed by atoms with Gasteiger partial charge in [0, 0.05) is 0 Å². The van der Waals surface area contributed by atoms with Crippen LogP contribution in [0.3, 0.4) is 0 Å². The van der Waals surface area contributed by atoms with Gasteiger partial charge < -0.3 is 48.7 Å². The van der Waals surface area contributed by atoms with Crippen LogP contribution in [0.1, 0.15) is 51.4 Å². The van der Waals surface area contributed by atoms with Crippen LogP contribution < -0.4 is 48.7 Å². The van der Waals surface area contributed by atoms with E-state index in [-0.39, 0.29) is 0 Å². The Balaban J connectivity index is 2.99. The first-order chi connectivity index (χ1) is 16.4. The van der Waals surface area contributed by atoms with Crippen molar-refractivity contribution >= 4 is 0 Å². The van der Waals surface area contributed by atoms with Crippen molar-refractivity contribution in [3.05, 3.63) is 0 Å². The molecule has 9 heteroatoms. The van der Waals surface area contributed by atoms with Gasteiger partial charge in [-0.2, -0.15) is 0 Å². The standard InChI is InChI=1S/C24H59N9/c25-9-1-11-27-13-3-15-29-17-5-19-31-21-7-23-33-24-8-22-32-20-6-18-30-16-4-14-28-12-2-10-26/h27-33H,1-26H2. The molecule has 0 atom stereocenters. The average molecular weight is 474 g/mol. The smallest absolute Gasteiger partial charge is 0.00368 e. The molecule has 0 aromatic rings. The van der Waals surface area contributed by atoms with E-state index in [1.165, 1.54) is 38.5 Å². The fourth-order valence-electron chi connectivity index (χ4n) is 3.36. The van der Waals surface area contributed by atoms with Crippen molar-refractivity contribution in [3.8, 4) is 0 Å². The second-order valence-corrected chi connectivity index (χ2v) is 8.66. The first-order valence-electron chi connectivity index (χ1n) is 13.8. The van der Waals surface area contributed by atoms with Crippen LogP contribution in [0.5, 0.6) is 0 Å². The number of rotatable bonds is 30. The topological polar surface area (TPSA) is 136 Å². The van der Waals surface area contributed by atoms with Gasteiger partial charge in [-0.3, -0.25) is 0 Å². The molecular formula is C24H59N9. The van der Waals surface area contributed by atoms with Crippen LogP contribution in [0.4, 0.5) is 0 Å². The van der Waals surface area contributed by atoms with Crippen molar-refractivity contribution in [1.29, 1.82) is 0 Å². The highest BCUT2D eigenvalue weighted by molar-refractivity contribution is 4.58. The molecule has 200 valence electrons. The third kappa shape index (κ3) is 31.6. The fraction of sp³-hybridized carbons (Fsp3) is 1.00. The molecule has 0 saturated heterocycles. The molecule has 0 heterocycles. The minimum Gasteiger partial charge on any atom is -0.330 e. The summed E-state index contributed by atoms with van der Waals surface area (Å²) < 4.78 is 0. The molecule has 33 heavy (non-hydrogen) atoms. The molecule has 0 aliphatic heterocycles. The highest BCUT2D eigenvalue weighted by Gasteiger charge is 1.94. The van der Waals surface area contributed by atoms with E-state index in [1.54, 1.807) is 0 Å². The van der Waals surface area contributed by atoms with Crippen LogP contribution in [0.25, 0.3) is 0 Å². The zero-order valence-corrected chi connectivity index (χ0v) is 21.6. The van der Waals surface area contributed by atoms with E-state index in [0.29, 0.717) is 0 Å². The maximum Gasteiger partial charge on any atom is -0.00368 e. The van der Waals surface area contributed by atoms with E-state index in [1.807, 2.05) is 0 Å². The lowest BCUT2D eigenvalue weighted by atomic mass is 10.3. The second kappa shape index (κ2) is 31.6. The molecule has 0 rings (SSSR count). The zero-order chi connectivity index (χ0) is 23.9. The van der Waals surface area contributed by atoms with Crippen LogP contribution in [0, 0.1) is 0 Å². The minimum absolute atomic E-state index is 0.778. The van der Waals surface area contributed by atoms with Gasteiger partial charge in [0.2, 0.25) is 0 Å². The van der Waals surface area contributed by atoms with E-state index in [0.717, 1.165) is 118 Å². The number of hydrogen-bond acceptors (Lipinski definition) is 9. The van der Waals surface area contributed by atoms with Gasteiger partial charge >= 0.3 is 0 Å². The third-order valence-corrected chi connectivity index (χ3v) is 5.36. The highest BCUT2D eigenvalue weighted by atomic mass is 14.9. The van der Waals surface area contributed by atoms with Gasteiger partial charge in [-0.25, -0.2) is 0 Å². The van der Waals surface area contributed by atoms with E-state index in [2.05, 4.69) is 37.2 Å². The van der Waals surface area contributed by atoms with Crippen LogP contribution in [0.2, 0.25) is 0 Å². The first kappa shape index (κ1) is 32.6. The normalized spacial score (nSPS) is 11.5. The Hall–Kier alpha value is -0.360. The Morgan fingerprint density at radius 2 is 0.394 bits per heavy atom. The summed E-state index contributed by atoms with van der Waals surface area (Å²) in [5.74, 6) is 0. The summed E-state index contributed by atoms with van der Waals surface area (Å²) in [6.07, 6.45) is 9.30. The molecule has 0 aliphatic rings. The Morgan fingerprint density at radius 3 is 0.545 bits per heavy atom. The Morgan fingerprint density at radius 1 is 0.242 bits per heavy atom. The minimum atomic E-state index is 0.778. The van der Waals surface area contributed by atoms with Gasteiger partial charge in [0.05, 0.1) is 0 Å². The molecule has 0 radical (unpaired) electrons. The number of nitrogens with one attached hydrogen (secondary N) is 7. The van der Waals surface area contributed by atoms with E-state index in [4.69, 9.17) is 11.5 Å². The molecule has 0 fully saturated rings. The van der Waals surface area contributed by atoms with Gasteiger partial charge in [-0.15, -0.1) is 0 Å². The molecule has 0 saturated carbocycles. The van der Waals surface area contributed by atoms with E-state index < -0.39 is 0 Å². The Labute approximate surface area is 205 Å². The van der Waals surface area contributed by atoms with Gasteiger partial charge in [0.25, 0.3) is 0 Å². The van der Waals surface area contributed by atoms with Gasteiger partial charge in [-0.05, 0) is 156 Å². The molecule has 0 spiro atoms. The highest BCUT2D eigenvalue weighted by Crippen LogP contribution is 1.82. The maximum atomic E-state index is 5.47. The molecule has 0 unspecified atom stereocenters. The summed E-state index contributed by atoms with van der Waals surface area (Å²) >= 11 is 0. The maximum absolute atomic E-state index is 5.47. The Bertz CT molecular complexity index is 305. The lowest BCUT2D eigenvalue weighted by Crippen LogP contribution is -2.28. The summed E-state index contributed by atoms with van der Waals surface area (Å²) in [6.45, 7) is 16.8. The molecular weight excluding hydrogens is 414 g/mol. The van der Waals surface area contributed by atoms with Gasteiger partial charge in [0.1, 0.15) is 0 Å². The van der Waals surface area contributed by atoms with Crippen LogP contribution in [0.15, 0.2) is 0 Å². The number of hydrogen-bond donors (Lipinski definition) is 9. The molecule has 0 aliphatic carbocycles. The third-order valence-electron chi connectivity index (χ3n) is 5.36. The van der Waals surface area contributed by atoms with E-state index in [9.17, 15) is 0 Å². The van der Waals surface area contributed by atoms with Crippen LogP contribution >= 0.6 is 0 Å². The molecule has 11 N–H and O–H groups in total. The lowest BCUT2D eigenvalue weighted by molar-refractivity contribution is 0.536. The molecule has 0 aromatic carbocycles. The van der Waals surface area contributed by atoms with Crippen molar-refractivity contribution in [2.75, 3.05) is 105 Å². The van der Waals surface area contributed by atoms with Crippen molar-refractivity contribution < 1.29 is 0 Å². The summed E-state index contributed by atoms with van der Waals surface area (Å²) in [5, 5.41) is 24.4. The van der Waals surface area contributed by atoms with Crippen LogP contribution in [-0.2, 0) is 0 Å². The lowest BCUT2D eigenvalue weighted by Gasteiger charge is -2.09. The summed E-state index contributed by atoms with van der Waals surface area (Å²) in [6, 6.07) is 0. The van der Waals surface area contributed by atoms with Crippen LogP contribution in [-0.4, -0.2) is 105 Å². The fourth-order valence-corrected chi connectivity index (χ4v) is 3.36. The molecule has 0 amide bonds. The van der Waals surface area contributed by atoms with Gasteiger partial charge in [0.15, 0.2) is 0 Å². The SMILES string of the molecule is NCCCNCCCNCCCNCCCNCCCNCCCNCCCNCCCN. The summed E-state index contributed by atoms with van der Waals surface area (Å²) in [7, 11) is 0. The summed E-state index contributed by atoms with van der Waals surface area (Å²) in [4.78, 5) is 0. The predicted octanol–water partition coefficient (Wildman–Crippen LogP) is -0.848. The van der Waals surface area contributed by atoms with Gasteiger partial charge in [-0.1, -0.05) is 0 Å². The average Bonchev–Trinajstić information content (AvgIpc) is 2.83. The zero-order valence-electron chi connectivity index (χ0n) is 21.6. The van der Waals surface area contributed by atoms with Crippen molar-refractivity contribution in [3.63, 3.8) is 0 Å². The largest absolute Gasteiger partial charge is 0.330 e. The summed E-state index contributed by atoms with van der Waals surface area (Å²) in [5.41, 5.74) is 10.9. The first-order valence-corrected chi connectivity index (χ1v) is 13.8. The molecule has 9 nitrogen and oxygen atoms in total. The predicted molar refractivity (Wildman–Crippen MR) is 145 cm³/mol. The number of nitrogens with two attached hydrogens (primary N) is 2. The monoisotopic (exact) mass is 473 g/mol. The Kier molecular flexibility index (Phi) is 31.3. The molecule has 0 bridgehead atoms. The second-order valence-electron chi connectivity index (χ2n) is 8.66. The van der Waals surface area contributed by atoms with Crippen molar-refractivity contribution in [1.82, 2.24) is 37.2 Å².